The van der Waals surface area contributed by atoms with Crippen LogP contribution >= 0.6 is 0 Å². The molecule has 0 spiro atoms. The zero-order chi connectivity index (χ0) is 13.9. The molecule has 0 bridgehead atoms. The summed E-state index contributed by atoms with van der Waals surface area (Å²) in [6.45, 7) is 2.39. The number of hydrogen-bond acceptors (Lipinski definition) is 7. The first-order valence-electron chi connectivity index (χ1n) is 6.19. The van der Waals surface area contributed by atoms with Gasteiger partial charge < -0.3 is 10.4 Å². The van der Waals surface area contributed by atoms with E-state index in [1.54, 1.807) is 0 Å². The Labute approximate surface area is 114 Å². The van der Waals surface area contributed by atoms with Gasteiger partial charge in [-0.25, -0.2) is 14.6 Å². The number of fused-ring (bicyclic) bond motifs is 1. The van der Waals surface area contributed by atoms with Crippen LogP contribution < -0.4 is 5.32 Å². The summed E-state index contributed by atoms with van der Waals surface area (Å²) in [4.78, 5) is 8.83. The van der Waals surface area contributed by atoms with E-state index in [9.17, 15) is 0 Å². The number of nitrogens with zero attached hydrogens (tertiary/aromatic N) is 4. The van der Waals surface area contributed by atoms with Gasteiger partial charge in [-0.2, -0.15) is 0 Å². The monoisotopic (exact) mass is 271 g/mol. The molecule has 2 heterocycles. The van der Waals surface area contributed by atoms with Gasteiger partial charge >= 0.3 is 0 Å². The summed E-state index contributed by atoms with van der Waals surface area (Å²) in [6, 6.07) is 7.34. The van der Waals surface area contributed by atoms with E-state index in [2.05, 4.69) is 30.2 Å². The Morgan fingerprint density at radius 2 is 2.00 bits per heavy atom. The molecular formula is C13H13N5O2. The van der Waals surface area contributed by atoms with Crippen LogP contribution in [-0.4, -0.2) is 38.5 Å². The lowest BCUT2D eigenvalue weighted by atomic mass is 10.2. The van der Waals surface area contributed by atoms with Gasteiger partial charge in [-0.15, -0.1) is 0 Å². The SMILES string of the molecule is Cc1cc(NCCO)nc(-c2ccc3nonc3c2)n1. The number of anilines is 1. The Kier molecular flexibility index (Phi) is 3.26. The van der Waals surface area contributed by atoms with Crippen LogP contribution in [0.1, 0.15) is 5.69 Å². The molecule has 0 unspecified atom stereocenters. The molecule has 0 amide bonds. The predicted octanol–water partition coefficient (Wildman–Crippen LogP) is 1.39. The van der Waals surface area contributed by atoms with Crippen LogP contribution in [0.5, 0.6) is 0 Å². The highest BCUT2D eigenvalue weighted by Crippen LogP contribution is 2.21. The van der Waals surface area contributed by atoms with E-state index in [0.29, 0.717) is 29.2 Å². The van der Waals surface area contributed by atoms with Crippen molar-refractivity contribution < 1.29 is 9.74 Å². The second kappa shape index (κ2) is 5.22. The second-order valence-electron chi connectivity index (χ2n) is 4.34. The first-order valence-corrected chi connectivity index (χ1v) is 6.19. The van der Waals surface area contributed by atoms with Crippen molar-refractivity contribution in [2.45, 2.75) is 6.92 Å². The van der Waals surface area contributed by atoms with E-state index in [1.165, 1.54) is 0 Å². The molecule has 0 aliphatic rings. The number of hydrogen-bond donors (Lipinski definition) is 2. The van der Waals surface area contributed by atoms with Crippen LogP contribution in [0.25, 0.3) is 22.4 Å². The van der Waals surface area contributed by atoms with Crippen molar-refractivity contribution in [3.8, 4) is 11.4 Å². The normalized spacial score (nSPS) is 10.9. The van der Waals surface area contributed by atoms with E-state index in [1.807, 2.05) is 31.2 Å². The maximum absolute atomic E-state index is 8.85. The Bertz CT molecular complexity index is 740. The highest BCUT2D eigenvalue weighted by molar-refractivity contribution is 5.79. The van der Waals surface area contributed by atoms with E-state index in [-0.39, 0.29) is 6.61 Å². The van der Waals surface area contributed by atoms with Crippen molar-refractivity contribution in [1.82, 2.24) is 20.3 Å². The molecule has 0 radical (unpaired) electrons. The van der Waals surface area contributed by atoms with Crippen molar-refractivity contribution in [3.05, 3.63) is 30.0 Å². The standard InChI is InChI=1S/C13H13N5O2/c1-8-6-12(14-4-5-19)16-13(15-8)9-2-3-10-11(7-9)18-20-17-10/h2-3,6-7,19H,4-5H2,1H3,(H,14,15,16). The largest absolute Gasteiger partial charge is 0.395 e. The van der Waals surface area contributed by atoms with Gasteiger partial charge in [0.05, 0.1) is 6.61 Å². The van der Waals surface area contributed by atoms with Crippen molar-refractivity contribution in [2.75, 3.05) is 18.5 Å². The Morgan fingerprint density at radius 3 is 2.85 bits per heavy atom. The van der Waals surface area contributed by atoms with Gasteiger partial charge in [0.1, 0.15) is 16.9 Å². The fraction of sp³-hybridized carbons (Fsp3) is 0.231. The van der Waals surface area contributed by atoms with Crippen LogP contribution in [0.2, 0.25) is 0 Å². The van der Waals surface area contributed by atoms with Gasteiger partial charge in [0, 0.05) is 23.9 Å². The summed E-state index contributed by atoms with van der Waals surface area (Å²) in [5.74, 6) is 1.27. The van der Waals surface area contributed by atoms with Crippen molar-refractivity contribution in [1.29, 1.82) is 0 Å². The zero-order valence-electron chi connectivity index (χ0n) is 10.9. The molecule has 1 aromatic carbocycles. The van der Waals surface area contributed by atoms with Gasteiger partial charge in [-0.1, -0.05) is 0 Å². The Balaban J connectivity index is 2.01. The number of aliphatic hydroxyl groups is 1. The van der Waals surface area contributed by atoms with Crippen molar-refractivity contribution >= 4 is 16.9 Å². The minimum absolute atomic E-state index is 0.0505. The van der Waals surface area contributed by atoms with Gasteiger partial charge in [0.2, 0.25) is 0 Å². The lowest BCUT2D eigenvalue weighted by Crippen LogP contribution is -2.08. The molecule has 0 atom stereocenters. The number of benzene rings is 1. The topological polar surface area (TPSA) is 97.0 Å². The second-order valence-corrected chi connectivity index (χ2v) is 4.34. The van der Waals surface area contributed by atoms with Crippen molar-refractivity contribution in [3.63, 3.8) is 0 Å². The summed E-state index contributed by atoms with van der Waals surface area (Å²) in [6.07, 6.45) is 0. The first kappa shape index (κ1) is 12.5. The van der Waals surface area contributed by atoms with E-state index in [0.717, 1.165) is 11.3 Å². The van der Waals surface area contributed by atoms with E-state index < -0.39 is 0 Å². The maximum atomic E-state index is 8.85. The molecule has 3 rings (SSSR count). The summed E-state index contributed by atoms with van der Waals surface area (Å²) < 4.78 is 4.68. The molecule has 0 saturated carbocycles. The van der Waals surface area contributed by atoms with Gasteiger partial charge in [0.25, 0.3) is 0 Å². The number of nitrogens with one attached hydrogen (secondary N) is 1. The Morgan fingerprint density at radius 1 is 1.15 bits per heavy atom. The summed E-state index contributed by atoms with van der Waals surface area (Å²) >= 11 is 0. The van der Waals surface area contributed by atoms with Gasteiger partial charge in [-0.3, -0.25) is 0 Å². The minimum Gasteiger partial charge on any atom is -0.395 e. The third-order valence-electron chi connectivity index (χ3n) is 2.78. The third-order valence-corrected chi connectivity index (χ3v) is 2.78. The molecule has 7 heteroatoms. The summed E-state index contributed by atoms with van der Waals surface area (Å²) in [7, 11) is 0. The molecule has 2 aromatic heterocycles. The molecule has 20 heavy (non-hydrogen) atoms. The number of aryl methyl sites for hydroxylation is 1. The van der Waals surface area contributed by atoms with E-state index in [4.69, 9.17) is 5.11 Å². The minimum atomic E-state index is 0.0505. The van der Waals surface area contributed by atoms with Crippen molar-refractivity contribution in [2.24, 2.45) is 0 Å². The molecule has 7 nitrogen and oxygen atoms in total. The summed E-state index contributed by atoms with van der Waals surface area (Å²) in [5, 5.41) is 19.4. The van der Waals surface area contributed by atoms with Gasteiger partial charge in [0.15, 0.2) is 5.82 Å². The van der Waals surface area contributed by atoms with Crippen LogP contribution in [0, 0.1) is 6.92 Å². The lowest BCUT2D eigenvalue weighted by molar-refractivity contribution is 0.311. The quantitative estimate of drug-likeness (QED) is 0.740. The number of aromatic nitrogens is 4. The van der Waals surface area contributed by atoms with Crippen LogP contribution in [-0.2, 0) is 0 Å². The molecule has 0 aliphatic carbocycles. The predicted molar refractivity (Wildman–Crippen MR) is 73.1 cm³/mol. The smallest absolute Gasteiger partial charge is 0.161 e. The fourth-order valence-electron chi connectivity index (χ4n) is 1.89. The molecule has 2 N–H and O–H groups in total. The molecule has 0 saturated heterocycles. The van der Waals surface area contributed by atoms with Crippen LogP contribution in [0.4, 0.5) is 5.82 Å². The number of rotatable bonds is 4. The van der Waals surface area contributed by atoms with Crippen LogP contribution in [0.3, 0.4) is 0 Å². The highest BCUT2D eigenvalue weighted by Gasteiger charge is 2.08. The average Bonchev–Trinajstić information content (AvgIpc) is 2.92. The zero-order valence-corrected chi connectivity index (χ0v) is 10.9. The average molecular weight is 271 g/mol. The molecular weight excluding hydrogens is 258 g/mol. The third kappa shape index (κ3) is 2.43. The maximum Gasteiger partial charge on any atom is 0.161 e. The number of aliphatic hydroxyl groups excluding tert-OH is 1. The van der Waals surface area contributed by atoms with Crippen LogP contribution in [0.15, 0.2) is 28.9 Å². The Hall–Kier alpha value is -2.54. The molecule has 3 aromatic rings. The van der Waals surface area contributed by atoms with Gasteiger partial charge in [-0.05, 0) is 35.4 Å². The summed E-state index contributed by atoms with van der Waals surface area (Å²) in [5.41, 5.74) is 3.04. The highest BCUT2D eigenvalue weighted by atomic mass is 16.6. The fourth-order valence-corrected chi connectivity index (χ4v) is 1.89. The first-order chi connectivity index (χ1) is 9.76. The molecule has 0 aliphatic heterocycles. The van der Waals surface area contributed by atoms with E-state index >= 15 is 0 Å². The molecule has 0 fully saturated rings. The molecule has 102 valence electrons. The lowest BCUT2D eigenvalue weighted by Gasteiger charge is -2.07.